The molecule has 2 heterocycles. The lowest BCUT2D eigenvalue weighted by molar-refractivity contribution is 0.0696. The summed E-state index contributed by atoms with van der Waals surface area (Å²) >= 11 is 0. The standard InChI is InChI=1S/C25H30N2O5S/c1-4-33(30,31)19-10-12-27(22(14-19)17-5-7-18(8-6-17)25(28)29)15-21-20-9-11-26-24(20)16(2)13-23(21)32-3/h5-9,11,13,19,22,26H,4,10,12,14-15H2,1-3H3,(H,28,29)/t19?,22-/m0/s1. The molecule has 1 saturated heterocycles. The molecule has 8 heteroatoms. The summed E-state index contributed by atoms with van der Waals surface area (Å²) in [6, 6.07) is 10.7. The van der Waals surface area contributed by atoms with Crippen LogP contribution in [0.15, 0.2) is 42.6 Å². The van der Waals surface area contributed by atoms with Gasteiger partial charge in [-0.25, -0.2) is 13.2 Å². The number of rotatable bonds is 7. The summed E-state index contributed by atoms with van der Waals surface area (Å²) in [5.74, 6) is -0.0476. The molecule has 1 fully saturated rings. The first kappa shape index (κ1) is 23.3. The zero-order chi connectivity index (χ0) is 23.8. The number of hydrogen-bond acceptors (Lipinski definition) is 5. The van der Waals surface area contributed by atoms with E-state index >= 15 is 0 Å². The van der Waals surface area contributed by atoms with Crippen LogP contribution in [0, 0.1) is 6.92 Å². The Bertz CT molecular complexity index is 1260. The van der Waals surface area contributed by atoms with Crippen LogP contribution in [0.4, 0.5) is 0 Å². The van der Waals surface area contributed by atoms with Gasteiger partial charge in [-0.15, -0.1) is 0 Å². The van der Waals surface area contributed by atoms with Crippen molar-refractivity contribution in [1.82, 2.24) is 9.88 Å². The Balaban J connectivity index is 1.73. The van der Waals surface area contributed by atoms with Gasteiger partial charge < -0.3 is 14.8 Å². The van der Waals surface area contributed by atoms with Crippen molar-refractivity contribution < 1.29 is 23.1 Å². The molecule has 1 unspecified atom stereocenters. The molecule has 0 saturated carbocycles. The Labute approximate surface area is 194 Å². The summed E-state index contributed by atoms with van der Waals surface area (Å²) in [7, 11) is -1.51. The number of aromatic amines is 1. The number of aromatic carboxylic acids is 1. The first-order valence-electron chi connectivity index (χ1n) is 11.2. The third-order valence-electron chi connectivity index (χ3n) is 6.81. The van der Waals surface area contributed by atoms with Crippen LogP contribution >= 0.6 is 0 Å². The molecule has 176 valence electrons. The van der Waals surface area contributed by atoms with Gasteiger partial charge in [0.25, 0.3) is 0 Å². The van der Waals surface area contributed by atoms with E-state index in [4.69, 9.17) is 4.74 Å². The molecule has 1 aliphatic heterocycles. The van der Waals surface area contributed by atoms with Crippen LogP contribution in [0.3, 0.4) is 0 Å². The summed E-state index contributed by atoms with van der Waals surface area (Å²) < 4.78 is 31.1. The average molecular weight is 471 g/mol. The number of nitrogens with zero attached hydrogens (tertiary/aromatic N) is 1. The molecule has 7 nitrogen and oxygen atoms in total. The first-order valence-corrected chi connectivity index (χ1v) is 12.9. The molecule has 0 bridgehead atoms. The fraction of sp³-hybridized carbons (Fsp3) is 0.400. The lowest BCUT2D eigenvalue weighted by Crippen LogP contribution is -2.41. The fourth-order valence-electron chi connectivity index (χ4n) is 4.91. The monoisotopic (exact) mass is 470 g/mol. The Morgan fingerprint density at radius 1 is 1.24 bits per heavy atom. The molecule has 1 aromatic heterocycles. The highest BCUT2D eigenvalue weighted by Crippen LogP contribution is 2.38. The van der Waals surface area contributed by atoms with Gasteiger partial charge in [-0.1, -0.05) is 19.1 Å². The molecule has 4 rings (SSSR count). The Morgan fingerprint density at radius 3 is 2.61 bits per heavy atom. The predicted octanol–water partition coefficient (Wildman–Crippen LogP) is 4.32. The molecular formula is C25H30N2O5S. The summed E-state index contributed by atoms with van der Waals surface area (Å²) in [6.45, 7) is 4.96. The minimum Gasteiger partial charge on any atom is -0.496 e. The van der Waals surface area contributed by atoms with Crippen molar-refractivity contribution in [3.05, 3.63) is 64.8 Å². The van der Waals surface area contributed by atoms with Gasteiger partial charge in [0.1, 0.15) is 5.75 Å². The Kier molecular flexibility index (Phi) is 6.50. The lowest BCUT2D eigenvalue weighted by atomic mass is 9.93. The van der Waals surface area contributed by atoms with Crippen LogP contribution in [-0.4, -0.2) is 54.0 Å². The van der Waals surface area contributed by atoms with Gasteiger partial charge in [-0.2, -0.15) is 0 Å². The van der Waals surface area contributed by atoms with Gasteiger partial charge in [-0.3, -0.25) is 4.90 Å². The van der Waals surface area contributed by atoms with Crippen molar-refractivity contribution in [3.63, 3.8) is 0 Å². The van der Waals surface area contributed by atoms with E-state index in [0.717, 1.165) is 33.3 Å². The lowest BCUT2D eigenvalue weighted by Gasteiger charge is -2.40. The number of piperidine rings is 1. The van der Waals surface area contributed by atoms with Gasteiger partial charge in [0, 0.05) is 47.5 Å². The molecule has 0 spiro atoms. The van der Waals surface area contributed by atoms with E-state index < -0.39 is 21.1 Å². The summed E-state index contributed by atoms with van der Waals surface area (Å²) in [5.41, 5.74) is 4.37. The van der Waals surface area contributed by atoms with E-state index in [1.807, 2.05) is 25.3 Å². The molecule has 3 aromatic rings. The Morgan fingerprint density at radius 2 is 1.97 bits per heavy atom. The quantitative estimate of drug-likeness (QED) is 0.533. The third kappa shape index (κ3) is 4.50. The number of nitrogens with one attached hydrogen (secondary N) is 1. The average Bonchev–Trinajstić information content (AvgIpc) is 3.31. The topological polar surface area (TPSA) is 99.7 Å². The van der Waals surface area contributed by atoms with Crippen LogP contribution in [0.1, 0.15) is 52.9 Å². The summed E-state index contributed by atoms with van der Waals surface area (Å²) in [5, 5.41) is 9.95. The minimum absolute atomic E-state index is 0.123. The van der Waals surface area contributed by atoms with Crippen LogP contribution in [0.25, 0.3) is 10.9 Å². The molecule has 1 aliphatic rings. The summed E-state index contributed by atoms with van der Waals surface area (Å²) in [4.78, 5) is 16.9. The second-order valence-electron chi connectivity index (χ2n) is 8.65. The maximum Gasteiger partial charge on any atom is 0.335 e. The van der Waals surface area contributed by atoms with Gasteiger partial charge in [-0.05, 0) is 55.2 Å². The van der Waals surface area contributed by atoms with E-state index in [2.05, 4.69) is 9.88 Å². The van der Waals surface area contributed by atoms with Crippen LogP contribution in [0.2, 0.25) is 0 Å². The molecule has 0 amide bonds. The van der Waals surface area contributed by atoms with Crippen LogP contribution in [-0.2, 0) is 16.4 Å². The SMILES string of the molecule is CCS(=O)(=O)C1CCN(Cc2c(OC)cc(C)c3[nH]ccc23)[C@H](c2ccc(C(=O)O)cc2)C1. The molecule has 33 heavy (non-hydrogen) atoms. The van der Waals surface area contributed by atoms with E-state index in [1.54, 1.807) is 38.3 Å². The molecule has 2 atom stereocenters. The van der Waals surface area contributed by atoms with E-state index in [0.29, 0.717) is 25.9 Å². The number of carboxylic acids is 1. The highest BCUT2D eigenvalue weighted by molar-refractivity contribution is 7.92. The number of methoxy groups -OCH3 is 1. The summed E-state index contributed by atoms with van der Waals surface area (Å²) in [6.07, 6.45) is 2.97. The number of hydrogen-bond donors (Lipinski definition) is 2. The second-order valence-corrected chi connectivity index (χ2v) is 11.2. The highest BCUT2D eigenvalue weighted by Gasteiger charge is 2.36. The Hall–Kier alpha value is -2.84. The molecule has 0 aliphatic carbocycles. The number of fused-ring (bicyclic) bond motifs is 1. The maximum absolute atomic E-state index is 12.7. The number of carbonyl (C=O) groups is 1. The normalized spacial score (nSPS) is 19.6. The second kappa shape index (κ2) is 9.19. The number of H-pyrrole nitrogens is 1. The van der Waals surface area contributed by atoms with Gasteiger partial charge >= 0.3 is 5.97 Å². The molecule has 2 N–H and O–H groups in total. The van der Waals surface area contributed by atoms with E-state index in [-0.39, 0.29) is 17.4 Å². The number of carboxylic acid groups (broad SMARTS) is 1. The van der Waals surface area contributed by atoms with Crippen molar-refractivity contribution >= 4 is 26.7 Å². The van der Waals surface area contributed by atoms with Gasteiger partial charge in [0.05, 0.1) is 17.9 Å². The van der Waals surface area contributed by atoms with Crippen molar-refractivity contribution in [1.29, 1.82) is 0 Å². The highest BCUT2D eigenvalue weighted by atomic mass is 32.2. The first-order chi connectivity index (χ1) is 15.7. The smallest absolute Gasteiger partial charge is 0.335 e. The van der Waals surface area contributed by atoms with Crippen molar-refractivity contribution in [2.75, 3.05) is 19.4 Å². The maximum atomic E-state index is 12.7. The van der Waals surface area contributed by atoms with Crippen LogP contribution in [0.5, 0.6) is 5.75 Å². The predicted molar refractivity (Wildman–Crippen MR) is 129 cm³/mol. The number of aromatic nitrogens is 1. The molecular weight excluding hydrogens is 440 g/mol. The molecule has 2 aromatic carbocycles. The van der Waals surface area contributed by atoms with E-state index in [9.17, 15) is 18.3 Å². The zero-order valence-corrected chi connectivity index (χ0v) is 20.0. The number of aryl methyl sites for hydroxylation is 1. The zero-order valence-electron chi connectivity index (χ0n) is 19.2. The van der Waals surface area contributed by atoms with Gasteiger partial charge in [0.15, 0.2) is 9.84 Å². The van der Waals surface area contributed by atoms with Crippen molar-refractivity contribution in [2.24, 2.45) is 0 Å². The number of likely N-dealkylation sites (tertiary alicyclic amines) is 1. The van der Waals surface area contributed by atoms with E-state index in [1.165, 1.54) is 0 Å². The van der Waals surface area contributed by atoms with Crippen molar-refractivity contribution in [3.8, 4) is 5.75 Å². The van der Waals surface area contributed by atoms with Crippen LogP contribution < -0.4 is 4.74 Å². The third-order valence-corrected chi connectivity index (χ3v) is 9.06. The fourth-order valence-corrected chi connectivity index (χ4v) is 6.32. The largest absolute Gasteiger partial charge is 0.496 e. The number of benzene rings is 2. The number of sulfone groups is 1. The molecule has 0 radical (unpaired) electrons. The minimum atomic E-state index is -3.17. The van der Waals surface area contributed by atoms with Gasteiger partial charge in [0.2, 0.25) is 0 Å². The van der Waals surface area contributed by atoms with Crippen molar-refractivity contribution in [2.45, 2.75) is 44.5 Å². The number of ether oxygens (including phenoxy) is 1.